The summed E-state index contributed by atoms with van der Waals surface area (Å²) in [4.78, 5) is 4.98. The standard InChI is InChI=1S/C27H32F3NO3/c1-15(2)24-23(25(33)17-9-11-18(12-10-17)34-27(28,29)30)21(16-7-5-6-8-16)22-19(31-24)13-26(3,4)14-20(22)32/h7,9-12,15,20,25,32-33H,5-6,8,13-14H2,1-4H3/t20?,25-/m1/s1. The van der Waals surface area contributed by atoms with Crippen molar-refractivity contribution in [2.45, 2.75) is 84.3 Å². The van der Waals surface area contributed by atoms with Crippen LogP contribution in [0.2, 0.25) is 0 Å². The zero-order valence-corrected chi connectivity index (χ0v) is 20.0. The predicted molar refractivity (Wildman–Crippen MR) is 124 cm³/mol. The van der Waals surface area contributed by atoms with Crippen LogP contribution in [-0.4, -0.2) is 21.6 Å². The summed E-state index contributed by atoms with van der Waals surface area (Å²) in [5.41, 5.74) is 5.40. The van der Waals surface area contributed by atoms with Gasteiger partial charge in [0, 0.05) is 22.5 Å². The third-order valence-corrected chi connectivity index (χ3v) is 6.72. The van der Waals surface area contributed by atoms with Crippen molar-refractivity contribution in [1.82, 2.24) is 4.98 Å². The van der Waals surface area contributed by atoms with Gasteiger partial charge in [-0.2, -0.15) is 0 Å². The van der Waals surface area contributed by atoms with E-state index in [1.165, 1.54) is 24.3 Å². The number of ether oxygens (including phenoxy) is 1. The first-order valence-corrected chi connectivity index (χ1v) is 11.8. The van der Waals surface area contributed by atoms with Crippen molar-refractivity contribution in [3.05, 3.63) is 64.0 Å². The van der Waals surface area contributed by atoms with E-state index in [4.69, 9.17) is 4.98 Å². The van der Waals surface area contributed by atoms with E-state index in [0.717, 1.165) is 53.8 Å². The first-order chi connectivity index (χ1) is 15.9. The van der Waals surface area contributed by atoms with Crippen molar-refractivity contribution in [3.63, 3.8) is 0 Å². The van der Waals surface area contributed by atoms with E-state index < -0.39 is 18.6 Å². The third-order valence-electron chi connectivity index (χ3n) is 6.72. The lowest BCUT2D eigenvalue weighted by Gasteiger charge is -2.37. The zero-order valence-electron chi connectivity index (χ0n) is 20.0. The van der Waals surface area contributed by atoms with Crippen LogP contribution in [0.4, 0.5) is 13.2 Å². The molecule has 2 aliphatic rings. The molecule has 0 saturated heterocycles. The van der Waals surface area contributed by atoms with Crippen LogP contribution in [0.15, 0.2) is 30.3 Å². The molecule has 1 aromatic heterocycles. The normalized spacial score (nSPS) is 20.8. The Morgan fingerprint density at radius 3 is 2.38 bits per heavy atom. The number of fused-ring (bicyclic) bond motifs is 1. The highest BCUT2D eigenvalue weighted by atomic mass is 19.4. The van der Waals surface area contributed by atoms with Crippen molar-refractivity contribution >= 4 is 5.57 Å². The highest BCUT2D eigenvalue weighted by molar-refractivity contribution is 5.75. The van der Waals surface area contributed by atoms with Gasteiger partial charge in [-0.1, -0.05) is 45.9 Å². The maximum Gasteiger partial charge on any atom is 0.573 e. The second kappa shape index (κ2) is 9.00. The third kappa shape index (κ3) is 5.01. The average molecular weight is 476 g/mol. The molecule has 0 spiro atoms. The van der Waals surface area contributed by atoms with E-state index in [2.05, 4.69) is 24.7 Å². The van der Waals surface area contributed by atoms with E-state index in [1.54, 1.807) is 0 Å². The molecular formula is C27H32F3NO3. The predicted octanol–water partition coefficient (Wildman–Crippen LogP) is 6.76. The number of pyridine rings is 1. The summed E-state index contributed by atoms with van der Waals surface area (Å²) >= 11 is 0. The Labute approximate surface area is 198 Å². The van der Waals surface area contributed by atoms with E-state index in [1.807, 2.05) is 13.8 Å². The molecule has 1 heterocycles. The van der Waals surface area contributed by atoms with Crippen molar-refractivity contribution in [2.24, 2.45) is 5.41 Å². The smallest absolute Gasteiger partial charge is 0.406 e. The molecule has 2 aliphatic carbocycles. The van der Waals surface area contributed by atoms with Gasteiger partial charge in [0.2, 0.25) is 0 Å². The van der Waals surface area contributed by atoms with Gasteiger partial charge in [-0.3, -0.25) is 4.98 Å². The lowest BCUT2D eigenvalue weighted by atomic mass is 9.71. The molecule has 0 aliphatic heterocycles. The largest absolute Gasteiger partial charge is 0.573 e. The van der Waals surface area contributed by atoms with Gasteiger partial charge in [0.25, 0.3) is 0 Å². The lowest BCUT2D eigenvalue weighted by Crippen LogP contribution is -2.29. The Hall–Kier alpha value is -2.38. The number of nitrogens with zero attached hydrogens (tertiary/aromatic N) is 1. The second-order valence-corrected chi connectivity index (χ2v) is 10.5. The van der Waals surface area contributed by atoms with Crippen LogP contribution in [0.1, 0.15) is 105 Å². The topological polar surface area (TPSA) is 62.6 Å². The number of hydrogen-bond donors (Lipinski definition) is 2. The van der Waals surface area contributed by atoms with Crippen molar-refractivity contribution < 1.29 is 28.1 Å². The Bertz CT molecular complexity index is 1090. The summed E-state index contributed by atoms with van der Waals surface area (Å²) < 4.78 is 41.7. The lowest BCUT2D eigenvalue weighted by molar-refractivity contribution is -0.274. The molecule has 2 atom stereocenters. The number of hydrogen-bond acceptors (Lipinski definition) is 4. The summed E-state index contributed by atoms with van der Waals surface area (Å²) in [7, 11) is 0. The summed E-state index contributed by atoms with van der Waals surface area (Å²) in [6, 6.07) is 5.31. The quantitative estimate of drug-likeness (QED) is 0.502. The number of allylic oxidation sites excluding steroid dienone is 2. The number of aliphatic hydroxyl groups excluding tert-OH is 2. The molecule has 0 saturated carbocycles. The summed E-state index contributed by atoms with van der Waals surface area (Å²) in [6.07, 6.45) is -0.286. The van der Waals surface area contributed by atoms with Gasteiger partial charge in [-0.25, -0.2) is 0 Å². The summed E-state index contributed by atoms with van der Waals surface area (Å²) in [5, 5.41) is 22.8. The van der Waals surface area contributed by atoms with Crippen molar-refractivity contribution in [2.75, 3.05) is 0 Å². The highest BCUT2D eigenvalue weighted by Crippen LogP contribution is 2.48. The van der Waals surface area contributed by atoms with Crippen molar-refractivity contribution in [3.8, 4) is 5.75 Å². The average Bonchev–Trinajstić information content (AvgIpc) is 3.25. The highest BCUT2D eigenvalue weighted by Gasteiger charge is 2.38. The molecule has 184 valence electrons. The van der Waals surface area contributed by atoms with Gasteiger partial charge in [-0.05, 0) is 72.3 Å². The molecule has 34 heavy (non-hydrogen) atoms. The summed E-state index contributed by atoms with van der Waals surface area (Å²) in [6.45, 7) is 8.28. The van der Waals surface area contributed by atoms with E-state index >= 15 is 0 Å². The Kier molecular flexibility index (Phi) is 6.55. The van der Waals surface area contributed by atoms with E-state index in [9.17, 15) is 23.4 Å². The minimum absolute atomic E-state index is 0.00530. The SMILES string of the molecule is CC(C)c1nc2c(c(C3=CCCC3)c1[C@H](O)c1ccc(OC(F)(F)F)cc1)C(O)CC(C)(C)C2. The van der Waals surface area contributed by atoms with Crippen LogP contribution in [0.3, 0.4) is 0 Å². The molecule has 0 bridgehead atoms. The van der Waals surface area contributed by atoms with Crippen LogP contribution < -0.4 is 4.74 Å². The van der Waals surface area contributed by atoms with E-state index in [-0.39, 0.29) is 17.1 Å². The Morgan fingerprint density at radius 2 is 1.82 bits per heavy atom. The minimum Gasteiger partial charge on any atom is -0.406 e. The molecule has 1 aromatic carbocycles. The van der Waals surface area contributed by atoms with Gasteiger partial charge in [0.1, 0.15) is 11.9 Å². The first-order valence-electron chi connectivity index (χ1n) is 11.8. The van der Waals surface area contributed by atoms with Crippen molar-refractivity contribution in [1.29, 1.82) is 0 Å². The molecule has 2 N–H and O–H groups in total. The zero-order chi connectivity index (χ0) is 24.8. The fourth-order valence-corrected chi connectivity index (χ4v) is 5.31. The van der Waals surface area contributed by atoms with Gasteiger partial charge in [-0.15, -0.1) is 13.2 Å². The molecule has 2 aromatic rings. The van der Waals surface area contributed by atoms with Crippen LogP contribution in [0.25, 0.3) is 5.57 Å². The summed E-state index contributed by atoms with van der Waals surface area (Å²) in [5.74, 6) is -0.335. The maximum atomic E-state index is 12.6. The molecule has 1 unspecified atom stereocenters. The first kappa shape index (κ1) is 24.7. The van der Waals surface area contributed by atoms with Crippen LogP contribution in [0.5, 0.6) is 5.75 Å². The Morgan fingerprint density at radius 1 is 1.15 bits per heavy atom. The van der Waals surface area contributed by atoms with Crippen LogP contribution in [-0.2, 0) is 6.42 Å². The fourth-order valence-electron chi connectivity index (χ4n) is 5.31. The molecule has 4 nitrogen and oxygen atoms in total. The second-order valence-electron chi connectivity index (χ2n) is 10.5. The van der Waals surface area contributed by atoms with Crippen LogP contribution >= 0.6 is 0 Å². The van der Waals surface area contributed by atoms with Gasteiger partial charge in [0.05, 0.1) is 6.10 Å². The monoisotopic (exact) mass is 475 g/mol. The number of aliphatic hydroxyl groups is 2. The molecule has 0 fully saturated rings. The van der Waals surface area contributed by atoms with Gasteiger partial charge in [0.15, 0.2) is 0 Å². The molecular weight excluding hydrogens is 443 g/mol. The number of benzene rings is 1. The number of halogens is 3. The van der Waals surface area contributed by atoms with Gasteiger partial charge >= 0.3 is 6.36 Å². The number of aromatic nitrogens is 1. The molecule has 0 radical (unpaired) electrons. The minimum atomic E-state index is -4.78. The van der Waals surface area contributed by atoms with Gasteiger partial charge < -0.3 is 14.9 Å². The molecule has 4 rings (SSSR count). The molecule has 7 heteroatoms. The fraction of sp³-hybridized carbons (Fsp3) is 0.519. The Balaban J connectivity index is 1.88. The molecule has 0 amide bonds. The number of alkyl halides is 3. The van der Waals surface area contributed by atoms with E-state index in [0.29, 0.717) is 17.5 Å². The maximum absolute atomic E-state index is 12.6. The number of rotatable bonds is 5. The van der Waals surface area contributed by atoms with Crippen LogP contribution in [0, 0.1) is 5.41 Å².